The molecule has 1 aromatic carbocycles. The van der Waals surface area contributed by atoms with Crippen LogP contribution in [-0.2, 0) is 9.59 Å². The van der Waals surface area contributed by atoms with E-state index in [-0.39, 0.29) is 30.4 Å². The second-order valence-corrected chi connectivity index (χ2v) is 4.82. The quantitative estimate of drug-likeness (QED) is 0.619. The lowest BCUT2D eigenvalue weighted by Gasteiger charge is -2.21. The first-order valence-corrected chi connectivity index (χ1v) is 6.75. The number of anilines is 2. The minimum absolute atomic E-state index is 0.00273. The molecule has 7 nitrogen and oxygen atoms in total. The Morgan fingerprint density at radius 2 is 2.04 bits per heavy atom. The number of hydrogen-bond donors (Lipinski definition) is 4. The third-order valence-corrected chi connectivity index (χ3v) is 3.15. The molecular weight excluding hydrogens is 312 g/mol. The van der Waals surface area contributed by atoms with E-state index in [0.717, 1.165) is 12.1 Å². The predicted molar refractivity (Wildman–Crippen MR) is 78.0 cm³/mol. The fourth-order valence-corrected chi connectivity index (χ4v) is 2.02. The third-order valence-electron chi connectivity index (χ3n) is 3.15. The SMILES string of the molecule is O=C1C=CN(c2c(F)cc(NC[C@@H](O)C(=O)O)cc2F)CCN1. The predicted octanol–water partition coefficient (Wildman–Crippen LogP) is 0.272. The summed E-state index contributed by atoms with van der Waals surface area (Å²) in [6.45, 7) is 0.0334. The normalized spacial score (nSPS) is 15.8. The fraction of sp³-hybridized carbons (Fsp3) is 0.286. The fourth-order valence-electron chi connectivity index (χ4n) is 2.02. The highest BCUT2D eigenvalue weighted by atomic mass is 19.1. The molecule has 0 aromatic heterocycles. The van der Waals surface area contributed by atoms with Crippen molar-refractivity contribution in [3.05, 3.63) is 36.0 Å². The molecule has 4 N–H and O–H groups in total. The molecule has 2 rings (SSSR count). The van der Waals surface area contributed by atoms with Crippen LogP contribution in [0.15, 0.2) is 24.4 Å². The highest BCUT2D eigenvalue weighted by Gasteiger charge is 2.19. The van der Waals surface area contributed by atoms with Crippen molar-refractivity contribution in [3.63, 3.8) is 0 Å². The summed E-state index contributed by atoms with van der Waals surface area (Å²) < 4.78 is 28.3. The zero-order valence-corrected chi connectivity index (χ0v) is 11.9. The van der Waals surface area contributed by atoms with E-state index in [1.165, 1.54) is 17.2 Å². The Balaban J connectivity index is 2.18. The first-order chi connectivity index (χ1) is 10.9. The molecule has 0 unspecified atom stereocenters. The highest BCUT2D eigenvalue weighted by Crippen LogP contribution is 2.27. The van der Waals surface area contributed by atoms with Crippen LogP contribution in [0, 0.1) is 11.6 Å². The van der Waals surface area contributed by atoms with Gasteiger partial charge in [-0.1, -0.05) is 0 Å². The van der Waals surface area contributed by atoms with Crippen molar-refractivity contribution >= 4 is 23.3 Å². The number of aliphatic hydroxyl groups is 1. The smallest absolute Gasteiger partial charge is 0.334 e. The number of rotatable bonds is 5. The summed E-state index contributed by atoms with van der Waals surface area (Å²) in [7, 11) is 0. The van der Waals surface area contributed by atoms with Gasteiger partial charge in [-0.15, -0.1) is 0 Å². The summed E-state index contributed by atoms with van der Waals surface area (Å²) >= 11 is 0. The first-order valence-electron chi connectivity index (χ1n) is 6.75. The molecule has 0 bridgehead atoms. The molecule has 0 radical (unpaired) electrons. The van der Waals surface area contributed by atoms with Crippen LogP contribution in [-0.4, -0.2) is 47.8 Å². The number of amides is 1. The summed E-state index contributed by atoms with van der Waals surface area (Å²) in [5.74, 6) is -3.55. The molecule has 0 fully saturated rings. The second-order valence-electron chi connectivity index (χ2n) is 4.82. The average Bonchev–Trinajstić information content (AvgIpc) is 2.69. The van der Waals surface area contributed by atoms with E-state index in [1.54, 1.807) is 0 Å². The molecular formula is C14H15F2N3O4. The third kappa shape index (κ3) is 4.16. The Bertz CT molecular complexity index is 628. The number of aliphatic carboxylic acids is 1. The maximum atomic E-state index is 14.2. The van der Waals surface area contributed by atoms with Gasteiger partial charge in [0.05, 0.1) is 6.54 Å². The lowest BCUT2D eigenvalue weighted by molar-refractivity contribution is -0.145. The van der Waals surface area contributed by atoms with Gasteiger partial charge in [0.2, 0.25) is 5.91 Å². The van der Waals surface area contributed by atoms with E-state index in [2.05, 4.69) is 10.6 Å². The van der Waals surface area contributed by atoms with E-state index in [4.69, 9.17) is 10.2 Å². The van der Waals surface area contributed by atoms with Crippen LogP contribution in [0.3, 0.4) is 0 Å². The van der Waals surface area contributed by atoms with Crippen molar-refractivity contribution in [2.45, 2.75) is 6.10 Å². The number of carbonyl (C=O) groups excluding carboxylic acids is 1. The number of hydrogen-bond acceptors (Lipinski definition) is 5. The Labute approximate surface area is 130 Å². The zero-order chi connectivity index (χ0) is 17.0. The number of carbonyl (C=O) groups is 2. The second kappa shape index (κ2) is 7.05. The molecule has 124 valence electrons. The Morgan fingerprint density at radius 3 is 2.65 bits per heavy atom. The van der Waals surface area contributed by atoms with Crippen molar-refractivity contribution in [3.8, 4) is 0 Å². The highest BCUT2D eigenvalue weighted by molar-refractivity contribution is 5.88. The van der Waals surface area contributed by atoms with Gasteiger partial charge in [-0.3, -0.25) is 4.79 Å². The Hall–Kier alpha value is -2.68. The van der Waals surface area contributed by atoms with Crippen molar-refractivity contribution in [1.29, 1.82) is 0 Å². The van der Waals surface area contributed by atoms with Crippen LogP contribution in [0.4, 0.5) is 20.2 Å². The van der Waals surface area contributed by atoms with Gasteiger partial charge >= 0.3 is 5.97 Å². The van der Waals surface area contributed by atoms with Crippen LogP contribution >= 0.6 is 0 Å². The topological polar surface area (TPSA) is 102 Å². The minimum atomic E-state index is -1.69. The zero-order valence-electron chi connectivity index (χ0n) is 11.9. The van der Waals surface area contributed by atoms with Crippen molar-refractivity contribution in [2.75, 3.05) is 29.9 Å². The van der Waals surface area contributed by atoms with E-state index in [9.17, 15) is 18.4 Å². The van der Waals surface area contributed by atoms with E-state index < -0.39 is 30.3 Å². The van der Waals surface area contributed by atoms with Gasteiger partial charge in [-0.2, -0.15) is 0 Å². The average molecular weight is 327 g/mol. The van der Waals surface area contributed by atoms with E-state index in [1.807, 2.05) is 0 Å². The Morgan fingerprint density at radius 1 is 1.39 bits per heavy atom. The number of halogens is 2. The molecule has 0 aliphatic carbocycles. The molecule has 1 aromatic rings. The number of aliphatic hydroxyl groups excluding tert-OH is 1. The number of carboxylic acid groups (broad SMARTS) is 1. The van der Waals surface area contributed by atoms with Gasteiger partial charge in [0.25, 0.3) is 0 Å². The summed E-state index contributed by atoms with van der Waals surface area (Å²) in [6, 6.07) is 1.97. The number of benzene rings is 1. The van der Waals surface area contributed by atoms with Gasteiger partial charge in [0.1, 0.15) is 5.69 Å². The molecule has 9 heteroatoms. The van der Waals surface area contributed by atoms with Gasteiger partial charge < -0.3 is 25.7 Å². The molecule has 1 atom stereocenters. The molecule has 0 spiro atoms. The molecule has 0 saturated carbocycles. The molecule has 0 saturated heterocycles. The first kappa shape index (κ1) is 16.7. The lowest BCUT2D eigenvalue weighted by atomic mass is 10.2. The van der Waals surface area contributed by atoms with Crippen LogP contribution in [0.5, 0.6) is 0 Å². The van der Waals surface area contributed by atoms with Crippen LogP contribution in [0.25, 0.3) is 0 Å². The van der Waals surface area contributed by atoms with Gasteiger partial charge in [0, 0.05) is 31.1 Å². The summed E-state index contributed by atoms with van der Waals surface area (Å²) in [6.07, 6.45) is 0.762. The van der Waals surface area contributed by atoms with E-state index in [0.29, 0.717) is 0 Å². The summed E-state index contributed by atoms with van der Waals surface area (Å²) in [4.78, 5) is 22.9. The van der Waals surface area contributed by atoms with Crippen LogP contribution in [0.1, 0.15) is 0 Å². The molecule has 1 aliphatic rings. The maximum absolute atomic E-state index is 14.2. The number of nitrogens with zero attached hydrogens (tertiary/aromatic N) is 1. The summed E-state index contributed by atoms with van der Waals surface area (Å²) in [5.41, 5.74) is -0.320. The molecule has 23 heavy (non-hydrogen) atoms. The van der Waals surface area contributed by atoms with Crippen LogP contribution < -0.4 is 15.5 Å². The minimum Gasteiger partial charge on any atom is -0.479 e. The standard InChI is InChI=1S/C14H15F2N3O4/c15-9-5-8(18-7-11(20)14(22)23)6-10(16)13(9)19-3-1-12(21)17-2-4-19/h1,3,5-6,11,18,20H,2,4,7H2,(H,17,21)(H,22,23)/t11-/m1/s1. The van der Waals surface area contributed by atoms with E-state index >= 15 is 0 Å². The maximum Gasteiger partial charge on any atom is 0.334 e. The lowest BCUT2D eigenvalue weighted by Crippen LogP contribution is -2.29. The van der Waals surface area contributed by atoms with Crippen molar-refractivity contribution < 1.29 is 28.6 Å². The number of carboxylic acids is 1. The largest absolute Gasteiger partial charge is 0.479 e. The molecule has 1 amide bonds. The van der Waals surface area contributed by atoms with Crippen molar-refractivity contribution in [1.82, 2.24) is 5.32 Å². The van der Waals surface area contributed by atoms with Gasteiger partial charge in [-0.25, -0.2) is 13.6 Å². The van der Waals surface area contributed by atoms with Gasteiger partial charge in [-0.05, 0) is 12.1 Å². The van der Waals surface area contributed by atoms with Crippen LogP contribution in [0.2, 0.25) is 0 Å². The van der Waals surface area contributed by atoms with Gasteiger partial charge in [0.15, 0.2) is 17.7 Å². The Kier molecular flexibility index (Phi) is 5.12. The van der Waals surface area contributed by atoms with Crippen molar-refractivity contribution in [2.24, 2.45) is 0 Å². The monoisotopic (exact) mass is 327 g/mol. The summed E-state index contributed by atoms with van der Waals surface area (Å²) in [5, 5.41) is 22.7. The molecule has 1 heterocycles. The number of nitrogens with one attached hydrogen (secondary N) is 2. The molecule has 1 aliphatic heterocycles.